The van der Waals surface area contributed by atoms with Crippen molar-refractivity contribution in [2.75, 3.05) is 23.7 Å². The lowest BCUT2D eigenvalue weighted by Crippen LogP contribution is -2.39. The van der Waals surface area contributed by atoms with Gasteiger partial charge in [-0.25, -0.2) is 9.37 Å². The van der Waals surface area contributed by atoms with Crippen molar-refractivity contribution in [2.45, 2.75) is 45.0 Å². The normalized spacial score (nSPS) is 19.6. The monoisotopic (exact) mass is 297 g/mol. The molecule has 2 heterocycles. The zero-order valence-electron chi connectivity index (χ0n) is 12.5. The van der Waals surface area contributed by atoms with E-state index in [2.05, 4.69) is 36.0 Å². The van der Waals surface area contributed by atoms with E-state index in [1.807, 2.05) is 11.8 Å². The van der Waals surface area contributed by atoms with E-state index in [0.29, 0.717) is 17.8 Å². The number of pyridine rings is 1. The van der Waals surface area contributed by atoms with Crippen molar-refractivity contribution in [1.82, 2.24) is 10.3 Å². The molecule has 2 rings (SSSR count). The molecule has 0 amide bonds. The molecule has 1 aromatic heterocycles. The number of anilines is 1. The second-order valence-corrected chi connectivity index (χ2v) is 6.93. The third kappa shape index (κ3) is 4.09. The van der Waals surface area contributed by atoms with E-state index in [-0.39, 0.29) is 5.82 Å². The first-order valence-electron chi connectivity index (χ1n) is 7.34. The predicted molar refractivity (Wildman–Crippen MR) is 84.9 cm³/mol. The van der Waals surface area contributed by atoms with Gasteiger partial charge in [0.1, 0.15) is 11.6 Å². The Balaban J connectivity index is 2.16. The lowest BCUT2D eigenvalue weighted by Gasteiger charge is -2.34. The van der Waals surface area contributed by atoms with E-state index < -0.39 is 0 Å². The minimum atomic E-state index is -0.257. The van der Waals surface area contributed by atoms with Gasteiger partial charge in [0.2, 0.25) is 0 Å². The highest BCUT2D eigenvalue weighted by atomic mass is 32.2. The summed E-state index contributed by atoms with van der Waals surface area (Å²) >= 11 is 2.03. The third-order valence-corrected chi connectivity index (χ3v) is 4.88. The topological polar surface area (TPSA) is 28.2 Å². The number of rotatable bonds is 5. The summed E-state index contributed by atoms with van der Waals surface area (Å²) in [4.78, 5) is 6.66. The molecule has 1 aliphatic rings. The number of hydrogen-bond acceptors (Lipinski definition) is 4. The molecule has 20 heavy (non-hydrogen) atoms. The molecule has 1 aromatic rings. The number of nitrogens with zero attached hydrogens (tertiary/aromatic N) is 2. The fourth-order valence-corrected chi connectivity index (χ4v) is 3.54. The minimum Gasteiger partial charge on any atom is -0.354 e. The summed E-state index contributed by atoms with van der Waals surface area (Å²) in [6.07, 6.45) is 2.50. The standard InChI is InChI=1S/C15H24FN3S/c1-4-14-10-19(5-6-20-14)15-12(8-17-11(2)3)7-13(16)9-18-15/h7,9,11,14,17H,4-6,8,10H2,1-3H3. The molecule has 1 aliphatic heterocycles. The molecule has 1 fully saturated rings. The largest absolute Gasteiger partial charge is 0.354 e. The zero-order valence-corrected chi connectivity index (χ0v) is 13.3. The summed E-state index contributed by atoms with van der Waals surface area (Å²) in [7, 11) is 0. The number of hydrogen-bond donors (Lipinski definition) is 1. The maximum absolute atomic E-state index is 13.5. The fourth-order valence-electron chi connectivity index (χ4n) is 2.36. The van der Waals surface area contributed by atoms with Crippen LogP contribution in [0.1, 0.15) is 32.8 Å². The number of thioether (sulfide) groups is 1. The summed E-state index contributed by atoms with van der Waals surface area (Å²) in [5.41, 5.74) is 0.959. The van der Waals surface area contributed by atoms with Crippen LogP contribution in [0.4, 0.5) is 10.2 Å². The van der Waals surface area contributed by atoms with Gasteiger partial charge in [-0.05, 0) is 12.5 Å². The van der Waals surface area contributed by atoms with Gasteiger partial charge in [0, 0.05) is 42.2 Å². The van der Waals surface area contributed by atoms with Gasteiger partial charge in [0.15, 0.2) is 0 Å². The van der Waals surface area contributed by atoms with Crippen LogP contribution in [0.15, 0.2) is 12.3 Å². The SMILES string of the molecule is CCC1CN(c2ncc(F)cc2CNC(C)C)CCS1. The smallest absolute Gasteiger partial charge is 0.141 e. The van der Waals surface area contributed by atoms with Gasteiger partial charge < -0.3 is 10.2 Å². The molecule has 1 unspecified atom stereocenters. The fraction of sp³-hybridized carbons (Fsp3) is 0.667. The van der Waals surface area contributed by atoms with Crippen LogP contribution in [-0.4, -0.2) is 35.1 Å². The van der Waals surface area contributed by atoms with Crippen molar-refractivity contribution >= 4 is 17.6 Å². The molecular weight excluding hydrogens is 273 g/mol. The molecule has 0 saturated carbocycles. The molecule has 0 aromatic carbocycles. The van der Waals surface area contributed by atoms with E-state index in [1.165, 1.54) is 12.6 Å². The highest BCUT2D eigenvalue weighted by Crippen LogP contribution is 2.27. The number of nitrogens with one attached hydrogen (secondary N) is 1. The highest BCUT2D eigenvalue weighted by molar-refractivity contribution is 8.00. The molecule has 1 atom stereocenters. The van der Waals surface area contributed by atoms with Crippen molar-refractivity contribution in [3.05, 3.63) is 23.6 Å². The molecule has 5 heteroatoms. The maximum Gasteiger partial charge on any atom is 0.141 e. The van der Waals surface area contributed by atoms with E-state index in [1.54, 1.807) is 6.07 Å². The maximum atomic E-state index is 13.5. The average Bonchev–Trinajstić information content (AvgIpc) is 2.45. The lowest BCUT2D eigenvalue weighted by molar-refractivity contribution is 0.575. The Hall–Kier alpha value is -0.810. The van der Waals surface area contributed by atoms with Gasteiger partial charge in [-0.2, -0.15) is 11.8 Å². The molecule has 3 nitrogen and oxygen atoms in total. The van der Waals surface area contributed by atoms with Crippen molar-refractivity contribution in [3.8, 4) is 0 Å². The van der Waals surface area contributed by atoms with Crippen LogP contribution < -0.4 is 10.2 Å². The second-order valence-electron chi connectivity index (χ2n) is 5.52. The van der Waals surface area contributed by atoms with Crippen LogP contribution in [0.2, 0.25) is 0 Å². The molecule has 1 N–H and O–H groups in total. The summed E-state index contributed by atoms with van der Waals surface area (Å²) in [6.45, 7) is 9.08. The first-order chi connectivity index (χ1) is 9.60. The number of aromatic nitrogens is 1. The van der Waals surface area contributed by atoms with Crippen molar-refractivity contribution in [3.63, 3.8) is 0 Å². The molecule has 1 saturated heterocycles. The van der Waals surface area contributed by atoms with Crippen molar-refractivity contribution < 1.29 is 4.39 Å². The van der Waals surface area contributed by atoms with E-state index in [9.17, 15) is 4.39 Å². The van der Waals surface area contributed by atoms with Gasteiger partial charge in [-0.1, -0.05) is 20.8 Å². The molecule has 0 radical (unpaired) electrons. The average molecular weight is 297 g/mol. The molecule has 112 valence electrons. The minimum absolute atomic E-state index is 0.257. The number of halogens is 1. The van der Waals surface area contributed by atoms with Gasteiger partial charge >= 0.3 is 0 Å². The summed E-state index contributed by atoms with van der Waals surface area (Å²) < 4.78 is 13.5. The molecule has 0 aliphatic carbocycles. The van der Waals surface area contributed by atoms with Crippen LogP contribution in [0.25, 0.3) is 0 Å². The Morgan fingerprint density at radius 2 is 2.35 bits per heavy atom. The van der Waals surface area contributed by atoms with Crippen LogP contribution in [0, 0.1) is 5.82 Å². The van der Waals surface area contributed by atoms with Crippen LogP contribution >= 0.6 is 11.8 Å². The van der Waals surface area contributed by atoms with Crippen LogP contribution in [0.5, 0.6) is 0 Å². The second kappa shape index (κ2) is 7.27. The van der Waals surface area contributed by atoms with Crippen LogP contribution in [0.3, 0.4) is 0 Å². The molecular formula is C15H24FN3S. The summed E-state index contributed by atoms with van der Waals surface area (Å²) in [6, 6.07) is 1.99. The first-order valence-corrected chi connectivity index (χ1v) is 8.39. The van der Waals surface area contributed by atoms with E-state index in [4.69, 9.17) is 0 Å². The summed E-state index contributed by atoms with van der Waals surface area (Å²) in [5, 5.41) is 4.01. The first kappa shape index (κ1) is 15.6. The van der Waals surface area contributed by atoms with Crippen molar-refractivity contribution in [1.29, 1.82) is 0 Å². The Morgan fingerprint density at radius 1 is 1.55 bits per heavy atom. The zero-order chi connectivity index (χ0) is 14.5. The van der Waals surface area contributed by atoms with Crippen molar-refractivity contribution in [2.24, 2.45) is 0 Å². The highest BCUT2D eigenvalue weighted by Gasteiger charge is 2.22. The Morgan fingerprint density at radius 3 is 3.05 bits per heavy atom. The Bertz CT molecular complexity index is 439. The predicted octanol–water partition coefficient (Wildman–Crippen LogP) is 3.05. The lowest BCUT2D eigenvalue weighted by atomic mass is 10.2. The van der Waals surface area contributed by atoms with E-state index in [0.717, 1.165) is 30.2 Å². The van der Waals surface area contributed by atoms with Gasteiger partial charge in [0.25, 0.3) is 0 Å². The molecule has 0 bridgehead atoms. The van der Waals surface area contributed by atoms with E-state index >= 15 is 0 Å². The van der Waals surface area contributed by atoms with Gasteiger partial charge in [0.05, 0.1) is 6.20 Å². The Labute approximate surface area is 125 Å². The van der Waals surface area contributed by atoms with Crippen LogP contribution in [-0.2, 0) is 6.54 Å². The van der Waals surface area contributed by atoms with Gasteiger partial charge in [-0.3, -0.25) is 0 Å². The summed E-state index contributed by atoms with van der Waals surface area (Å²) in [5.74, 6) is 1.81. The Kier molecular flexibility index (Phi) is 5.66. The van der Waals surface area contributed by atoms with Gasteiger partial charge in [-0.15, -0.1) is 0 Å². The third-order valence-electron chi connectivity index (χ3n) is 3.50. The quantitative estimate of drug-likeness (QED) is 0.904. The molecule has 0 spiro atoms.